The highest BCUT2D eigenvalue weighted by Gasteiger charge is 2.21. The Labute approximate surface area is 101 Å². The van der Waals surface area contributed by atoms with Crippen LogP contribution in [0, 0.1) is 5.92 Å². The molecule has 2 aliphatic rings. The van der Waals surface area contributed by atoms with Crippen LogP contribution >= 0.6 is 0 Å². The smallest absolute Gasteiger partial charge is 0.0164 e. The van der Waals surface area contributed by atoms with E-state index in [1.165, 1.54) is 57.9 Å². The molecule has 2 nitrogen and oxygen atoms in total. The molecule has 2 saturated carbocycles. The fourth-order valence-electron chi connectivity index (χ4n) is 2.64. The minimum atomic E-state index is 0.642. The first kappa shape index (κ1) is 12.4. The van der Waals surface area contributed by atoms with Crippen LogP contribution in [-0.4, -0.2) is 25.2 Å². The maximum absolute atomic E-state index is 3.70. The van der Waals surface area contributed by atoms with Gasteiger partial charge in [-0.05, 0) is 45.1 Å². The van der Waals surface area contributed by atoms with E-state index in [1.807, 2.05) is 0 Å². The topological polar surface area (TPSA) is 24.1 Å². The average Bonchev–Trinajstić information content (AvgIpc) is 3.10. The SMILES string of the molecule is CC(CNC1CC1)NCC1CCCCCC1. The van der Waals surface area contributed by atoms with Crippen LogP contribution < -0.4 is 10.6 Å². The first-order chi connectivity index (χ1) is 7.84. The zero-order chi connectivity index (χ0) is 11.2. The van der Waals surface area contributed by atoms with Crippen molar-refractivity contribution in [2.45, 2.75) is 70.4 Å². The van der Waals surface area contributed by atoms with Gasteiger partial charge in [-0.1, -0.05) is 25.7 Å². The van der Waals surface area contributed by atoms with E-state index in [9.17, 15) is 0 Å². The van der Waals surface area contributed by atoms with Crippen molar-refractivity contribution in [2.24, 2.45) is 5.92 Å². The summed E-state index contributed by atoms with van der Waals surface area (Å²) < 4.78 is 0. The minimum absolute atomic E-state index is 0.642. The van der Waals surface area contributed by atoms with Crippen LogP contribution in [0.2, 0.25) is 0 Å². The lowest BCUT2D eigenvalue weighted by molar-refractivity contribution is 0.391. The van der Waals surface area contributed by atoms with Crippen molar-refractivity contribution in [3.8, 4) is 0 Å². The molecule has 0 spiro atoms. The summed E-state index contributed by atoms with van der Waals surface area (Å²) in [7, 11) is 0. The van der Waals surface area contributed by atoms with Crippen LogP contribution in [0.1, 0.15) is 58.3 Å². The monoisotopic (exact) mass is 224 g/mol. The molecule has 0 amide bonds. The molecule has 2 heteroatoms. The van der Waals surface area contributed by atoms with E-state index < -0.39 is 0 Å². The fourth-order valence-corrected chi connectivity index (χ4v) is 2.64. The third-order valence-corrected chi connectivity index (χ3v) is 4.02. The van der Waals surface area contributed by atoms with Gasteiger partial charge in [0.2, 0.25) is 0 Å². The molecule has 0 aromatic rings. The summed E-state index contributed by atoms with van der Waals surface area (Å²) in [4.78, 5) is 0. The van der Waals surface area contributed by atoms with E-state index in [-0.39, 0.29) is 0 Å². The highest BCUT2D eigenvalue weighted by molar-refractivity contribution is 4.82. The van der Waals surface area contributed by atoms with Crippen LogP contribution in [0.15, 0.2) is 0 Å². The number of hydrogen-bond donors (Lipinski definition) is 2. The van der Waals surface area contributed by atoms with Gasteiger partial charge in [0.05, 0.1) is 0 Å². The molecule has 0 bridgehead atoms. The van der Waals surface area contributed by atoms with Gasteiger partial charge < -0.3 is 10.6 Å². The molecule has 1 unspecified atom stereocenters. The van der Waals surface area contributed by atoms with Crippen LogP contribution in [0.5, 0.6) is 0 Å². The zero-order valence-electron chi connectivity index (χ0n) is 10.8. The number of hydrogen-bond acceptors (Lipinski definition) is 2. The molecular weight excluding hydrogens is 196 g/mol. The molecular formula is C14H28N2. The van der Waals surface area contributed by atoms with Gasteiger partial charge in [0, 0.05) is 18.6 Å². The summed E-state index contributed by atoms with van der Waals surface area (Å²) in [6.07, 6.45) is 11.6. The van der Waals surface area contributed by atoms with Crippen molar-refractivity contribution in [1.82, 2.24) is 10.6 Å². The molecule has 1 atom stereocenters. The summed E-state index contributed by atoms with van der Waals surface area (Å²) in [6.45, 7) is 4.71. The Morgan fingerprint density at radius 3 is 2.31 bits per heavy atom. The molecule has 2 rings (SSSR count). The second-order valence-corrected chi connectivity index (χ2v) is 5.85. The number of nitrogens with one attached hydrogen (secondary N) is 2. The Bertz CT molecular complexity index is 181. The van der Waals surface area contributed by atoms with Crippen molar-refractivity contribution in [1.29, 1.82) is 0 Å². The van der Waals surface area contributed by atoms with E-state index in [1.54, 1.807) is 0 Å². The molecule has 16 heavy (non-hydrogen) atoms. The predicted octanol–water partition coefficient (Wildman–Crippen LogP) is 2.69. The fraction of sp³-hybridized carbons (Fsp3) is 1.00. The Morgan fingerprint density at radius 2 is 1.69 bits per heavy atom. The lowest BCUT2D eigenvalue weighted by Crippen LogP contribution is -2.39. The van der Waals surface area contributed by atoms with Gasteiger partial charge in [0.25, 0.3) is 0 Å². The van der Waals surface area contributed by atoms with Crippen molar-refractivity contribution in [3.63, 3.8) is 0 Å². The first-order valence-electron chi connectivity index (χ1n) is 7.31. The molecule has 0 aliphatic heterocycles. The largest absolute Gasteiger partial charge is 0.313 e. The van der Waals surface area contributed by atoms with Crippen molar-refractivity contribution >= 4 is 0 Å². The molecule has 0 saturated heterocycles. The molecule has 0 radical (unpaired) electrons. The Balaban J connectivity index is 1.53. The van der Waals surface area contributed by atoms with E-state index in [4.69, 9.17) is 0 Å². The highest BCUT2D eigenvalue weighted by Crippen LogP contribution is 2.22. The van der Waals surface area contributed by atoms with E-state index in [0.29, 0.717) is 6.04 Å². The van der Waals surface area contributed by atoms with Gasteiger partial charge in [-0.15, -0.1) is 0 Å². The summed E-state index contributed by atoms with van der Waals surface area (Å²) in [6, 6.07) is 1.49. The maximum Gasteiger partial charge on any atom is 0.0164 e. The predicted molar refractivity (Wildman–Crippen MR) is 69.7 cm³/mol. The molecule has 2 aliphatic carbocycles. The van der Waals surface area contributed by atoms with Crippen LogP contribution in [0.25, 0.3) is 0 Å². The Hall–Kier alpha value is -0.0800. The average molecular weight is 224 g/mol. The second-order valence-electron chi connectivity index (χ2n) is 5.85. The van der Waals surface area contributed by atoms with Gasteiger partial charge in [0.15, 0.2) is 0 Å². The zero-order valence-corrected chi connectivity index (χ0v) is 10.8. The van der Waals surface area contributed by atoms with Gasteiger partial charge in [-0.25, -0.2) is 0 Å². The standard InChI is InChI=1S/C14H28N2/c1-12(10-16-14-8-9-14)15-11-13-6-4-2-3-5-7-13/h12-16H,2-11H2,1H3. The van der Waals surface area contributed by atoms with Gasteiger partial charge >= 0.3 is 0 Å². The highest BCUT2D eigenvalue weighted by atomic mass is 15.0. The van der Waals surface area contributed by atoms with Crippen molar-refractivity contribution in [3.05, 3.63) is 0 Å². The van der Waals surface area contributed by atoms with Crippen LogP contribution in [0.4, 0.5) is 0 Å². The molecule has 94 valence electrons. The molecule has 2 N–H and O–H groups in total. The lowest BCUT2D eigenvalue weighted by Gasteiger charge is -2.19. The number of rotatable bonds is 6. The van der Waals surface area contributed by atoms with Gasteiger partial charge in [-0.2, -0.15) is 0 Å². The van der Waals surface area contributed by atoms with Crippen LogP contribution in [-0.2, 0) is 0 Å². The molecule has 0 heterocycles. The summed E-state index contributed by atoms with van der Waals surface area (Å²) >= 11 is 0. The van der Waals surface area contributed by atoms with Gasteiger partial charge in [-0.3, -0.25) is 0 Å². The van der Waals surface area contributed by atoms with E-state index >= 15 is 0 Å². The summed E-state index contributed by atoms with van der Waals surface area (Å²) in [5.41, 5.74) is 0. The van der Waals surface area contributed by atoms with E-state index in [2.05, 4.69) is 17.6 Å². The summed E-state index contributed by atoms with van der Waals surface area (Å²) in [5, 5.41) is 7.29. The Kier molecular flexibility index (Phi) is 5.11. The third kappa shape index (κ3) is 4.84. The molecule has 0 aromatic carbocycles. The maximum atomic E-state index is 3.70. The first-order valence-corrected chi connectivity index (χ1v) is 7.31. The van der Waals surface area contributed by atoms with E-state index in [0.717, 1.165) is 18.5 Å². The molecule has 2 fully saturated rings. The molecule has 0 aromatic heterocycles. The normalized spacial score (nSPS) is 25.3. The Morgan fingerprint density at radius 1 is 1.00 bits per heavy atom. The minimum Gasteiger partial charge on any atom is -0.313 e. The van der Waals surface area contributed by atoms with Crippen molar-refractivity contribution in [2.75, 3.05) is 13.1 Å². The van der Waals surface area contributed by atoms with Crippen LogP contribution in [0.3, 0.4) is 0 Å². The van der Waals surface area contributed by atoms with Crippen molar-refractivity contribution < 1.29 is 0 Å². The third-order valence-electron chi connectivity index (χ3n) is 4.02. The lowest BCUT2D eigenvalue weighted by atomic mass is 10.0. The van der Waals surface area contributed by atoms with Gasteiger partial charge in [0.1, 0.15) is 0 Å². The quantitative estimate of drug-likeness (QED) is 0.678. The second kappa shape index (κ2) is 6.61. The summed E-state index contributed by atoms with van der Waals surface area (Å²) in [5.74, 6) is 0.950.